The van der Waals surface area contributed by atoms with Crippen molar-refractivity contribution in [2.24, 2.45) is 0 Å². The number of hydrogen-bond acceptors (Lipinski definition) is 5. The summed E-state index contributed by atoms with van der Waals surface area (Å²) in [6, 6.07) is 15.8. The molecule has 3 aromatic rings. The van der Waals surface area contributed by atoms with Crippen LogP contribution in [0.2, 0.25) is 0 Å². The maximum atomic E-state index is 13.0. The molecular weight excluding hydrogens is 380 g/mol. The minimum Gasteiger partial charge on any atom is -0.341 e. The van der Waals surface area contributed by atoms with Crippen LogP contribution in [-0.4, -0.2) is 39.4 Å². The smallest absolute Gasteiger partial charge is 0.251 e. The second-order valence-corrected chi connectivity index (χ2v) is 7.52. The van der Waals surface area contributed by atoms with Crippen molar-refractivity contribution < 1.29 is 14.1 Å². The Morgan fingerprint density at radius 1 is 1.13 bits per heavy atom. The number of carbonyl (C=O) groups excluding carboxylic acids is 2. The number of benzene rings is 2. The predicted octanol–water partition coefficient (Wildman–Crippen LogP) is 3.53. The van der Waals surface area contributed by atoms with E-state index in [0.29, 0.717) is 23.8 Å². The van der Waals surface area contributed by atoms with Gasteiger partial charge in [-0.25, -0.2) is 0 Å². The molecule has 1 N–H and O–H groups in total. The lowest BCUT2D eigenvalue weighted by atomic mass is 10.1. The monoisotopic (exact) mass is 404 g/mol. The van der Waals surface area contributed by atoms with Gasteiger partial charge in [-0.1, -0.05) is 47.6 Å². The summed E-state index contributed by atoms with van der Waals surface area (Å²) in [7, 11) is 0. The molecular formula is C23H24N4O3. The summed E-state index contributed by atoms with van der Waals surface area (Å²) in [5, 5.41) is 6.91. The van der Waals surface area contributed by atoms with Gasteiger partial charge in [0.1, 0.15) is 12.1 Å². The van der Waals surface area contributed by atoms with Gasteiger partial charge >= 0.3 is 0 Å². The number of amides is 2. The molecule has 2 heterocycles. The highest BCUT2D eigenvalue weighted by Gasteiger charge is 2.36. The van der Waals surface area contributed by atoms with Crippen molar-refractivity contribution in [3.8, 4) is 11.4 Å². The molecule has 154 valence electrons. The Morgan fingerprint density at radius 3 is 2.63 bits per heavy atom. The first-order valence-electron chi connectivity index (χ1n) is 10.1. The first-order chi connectivity index (χ1) is 14.5. The van der Waals surface area contributed by atoms with E-state index in [1.54, 1.807) is 36.1 Å². The Bertz CT molecular complexity index is 1050. The van der Waals surface area contributed by atoms with Gasteiger partial charge in [0.25, 0.3) is 5.91 Å². The molecule has 1 aliphatic heterocycles. The van der Waals surface area contributed by atoms with E-state index in [2.05, 4.69) is 15.5 Å². The fourth-order valence-corrected chi connectivity index (χ4v) is 3.77. The van der Waals surface area contributed by atoms with Gasteiger partial charge in [-0.3, -0.25) is 9.59 Å². The highest BCUT2D eigenvalue weighted by atomic mass is 16.5. The number of aromatic nitrogens is 2. The zero-order valence-electron chi connectivity index (χ0n) is 17.0. The summed E-state index contributed by atoms with van der Waals surface area (Å²) in [6.45, 7) is 4.29. The first-order valence-corrected chi connectivity index (χ1v) is 10.1. The Balaban J connectivity index is 1.48. The third-order valence-corrected chi connectivity index (χ3v) is 5.40. The summed E-state index contributed by atoms with van der Waals surface area (Å²) in [5.41, 5.74) is 2.49. The molecule has 2 amide bonds. The number of rotatable bonds is 5. The van der Waals surface area contributed by atoms with Gasteiger partial charge in [0.2, 0.25) is 17.6 Å². The van der Waals surface area contributed by atoms with E-state index in [1.165, 1.54) is 0 Å². The second kappa shape index (κ2) is 8.49. The normalized spacial score (nSPS) is 17.0. The molecule has 0 bridgehead atoms. The average molecular weight is 404 g/mol. The number of likely N-dealkylation sites (tertiary alicyclic amines) is 1. The molecule has 1 fully saturated rings. The summed E-state index contributed by atoms with van der Waals surface area (Å²) in [6.07, 6.45) is 1.60. The van der Waals surface area contributed by atoms with E-state index in [9.17, 15) is 9.59 Å². The van der Waals surface area contributed by atoms with Crippen LogP contribution >= 0.6 is 0 Å². The lowest BCUT2D eigenvalue weighted by Gasteiger charge is -2.25. The van der Waals surface area contributed by atoms with Gasteiger partial charge in [-0.2, -0.15) is 4.98 Å². The van der Waals surface area contributed by atoms with E-state index >= 15 is 0 Å². The molecule has 1 saturated heterocycles. The minimum atomic E-state index is -0.655. The van der Waals surface area contributed by atoms with Crippen molar-refractivity contribution >= 4 is 11.8 Å². The number of aryl methyl sites for hydroxylation is 1. The molecule has 0 radical (unpaired) electrons. The molecule has 1 aromatic heterocycles. The standard InChI is InChI=1S/C23H24N4O3/c1-15-9-6-7-12-18(15)20-25-22(30-26-20)19-13-8-14-27(19)23(29)16(2)24-21(28)17-10-4-3-5-11-17/h3-7,9-12,16,19H,8,13-14H2,1-2H3,(H,24,28)/t16-,19+/m0/s1. The topological polar surface area (TPSA) is 88.3 Å². The predicted molar refractivity (Wildman–Crippen MR) is 112 cm³/mol. The number of carbonyl (C=O) groups is 2. The fourth-order valence-electron chi connectivity index (χ4n) is 3.77. The quantitative estimate of drug-likeness (QED) is 0.703. The number of nitrogens with one attached hydrogen (secondary N) is 1. The SMILES string of the molecule is Cc1ccccc1-c1noc([C@H]2CCCN2C(=O)[C@H](C)NC(=O)c2ccccc2)n1. The first kappa shape index (κ1) is 19.8. The largest absolute Gasteiger partial charge is 0.341 e. The third-order valence-electron chi connectivity index (χ3n) is 5.40. The van der Waals surface area contributed by atoms with Crippen molar-refractivity contribution in [1.82, 2.24) is 20.4 Å². The van der Waals surface area contributed by atoms with E-state index < -0.39 is 6.04 Å². The molecule has 0 spiro atoms. The van der Waals surface area contributed by atoms with Gasteiger partial charge in [0.15, 0.2) is 0 Å². The van der Waals surface area contributed by atoms with E-state index in [-0.39, 0.29) is 17.9 Å². The van der Waals surface area contributed by atoms with Gasteiger partial charge < -0.3 is 14.7 Å². The van der Waals surface area contributed by atoms with E-state index in [4.69, 9.17) is 4.52 Å². The van der Waals surface area contributed by atoms with Crippen molar-refractivity contribution in [2.75, 3.05) is 6.54 Å². The van der Waals surface area contributed by atoms with Gasteiger partial charge in [-0.15, -0.1) is 0 Å². The molecule has 2 aromatic carbocycles. The second-order valence-electron chi connectivity index (χ2n) is 7.52. The molecule has 0 aliphatic carbocycles. The van der Waals surface area contributed by atoms with Crippen LogP contribution in [0.5, 0.6) is 0 Å². The molecule has 0 saturated carbocycles. The summed E-state index contributed by atoms with van der Waals surface area (Å²) in [5.74, 6) is 0.526. The maximum Gasteiger partial charge on any atom is 0.251 e. The lowest BCUT2D eigenvalue weighted by molar-refractivity contribution is -0.134. The zero-order valence-corrected chi connectivity index (χ0v) is 17.0. The van der Waals surface area contributed by atoms with Crippen LogP contribution in [0.15, 0.2) is 59.1 Å². The van der Waals surface area contributed by atoms with Crippen molar-refractivity contribution in [2.45, 2.75) is 38.8 Å². The van der Waals surface area contributed by atoms with Gasteiger partial charge in [0, 0.05) is 17.7 Å². The van der Waals surface area contributed by atoms with Crippen LogP contribution < -0.4 is 5.32 Å². The Morgan fingerprint density at radius 2 is 1.87 bits per heavy atom. The Kier molecular flexibility index (Phi) is 5.61. The summed E-state index contributed by atoms with van der Waals surface area (Å²) in [4.78, 5) is 31.7. The van der Waals surface area contributed by atoms with Crippen LogP contribution in [-0.2, 0) is 4.79 Å². The summed E-state index contributed by atoms with van der Waals surface area (Å²) < 4.78 is 5.53. The molecule has 2 atom stereocenters. The molecule has 1 aliphatic rings. The average Bonchev–Trinajstić information content (AvgIpc) is 3.43. The molecule has 0 unspecified atom stereocenters. The number of nitrogens with zero attached hydrogens (tertiary/aromatic N) is 3. The van der Waals surface area contributed by atoms with E-state index in [0.717, 1.165) is 24.0 Å². The highest BCUT2D eigenvalue weighted by molar-refractivity contribution is 5.97. The molecule has 7 heteroatoms. The van der Waals surface area contributed by atoms with Crippen molar-refractivity contribution in [3.05, 3.63) is 71.6 Å². The molecule has 30 heavy (non-hydrogen) atoms. The molecule has 4 rings (SSSR count). The lowest BCUT2D eigenvalue weighted by Crippen LogP contribution is -2.46. The third kappa shape index (κ3) is 3.96. The zero-order chi connectivity index (χ0) is 21.1. The summed E-state index contributed by atoms with van der Waals surface area (Å²) >= 11 is 0. The van der Waals surface area contributed by atoms with Crippen LogP contribution in [0.4, 0.5) is 0 Å². The van der Waals surface area contributed by atoms with Crippen LogP contribution in [0, 0.1) is 6.92 Å². The van der Waals surface area contributed by atoms with Crippen molar-refractivity contribution in [1.29, 1.82) is 0 Å². The number of hydrogen-bond donors (Lipinski definition) is 1. The minimum absolute atomic E-state index is 0.155. The molecule has 7 nitrogen and oxygen atoms in total. The van der Waals surface area contributed by atoms with Gasteiger partial charge in [-0.05, 0) is 44.4 Å². The Labute approximate surface area is 175 Å². The van der Waals surface area contributed by atoms with E-state index in [1.807, 2.05) is 37.3 Å². The van der Waals surface area contributed by atoms with Crippen molar-refractivity contribution in [3.63, 3.8) is 0 Å². The Hall–Kier alpha value is -3.48. The highest BCUT2D eigenvalue weighted by Crippen LogP contribution is 2.33. The van der Waals surface area contributed by atoms with Crippen LogP contribution in [0.25, 0.3) is 11.4 Å². The maximum absolute atomic E-state index is 13.0. The van der Waals surface area contributed by atoms with Crippen LogP contribution in [0.1, 0.15) is 47.6 Å². The fraction of sp³-hybridized carbons (Fsp3) is 0.304. The van der Waals surface area contributed by atoms with Gasteiger partial charge in [0.05, 0.1) is 0 Å². The van der Waals surface area contributed by atoms with Crippen LogP contribution in [0.3, 0.4) is 0 Å².